The van der Waals surface area contributed by atoms with Gasteiger partial charge in [0.2, 0.25) is 0 Å². The van der Waals surface area contributed by atoms with Crippen LogP contribution in [0.4, 0.5) is 11.4 Å². The molecule has 0 amide bonds. The summed E-state index contributed by atoms with van der Waals surface area (Å²) in [5.41, 5.74) is 3.15. The van der Waals surface area contributed by atoms with E-state index in [9.17, 15) is 0 Å². The number of aliphatic imine (C=N–C) groups is 1. The number of benzene rings is 2. The number of morpholine rings is 1. The van der Waals surface area contributed by atoms with E-state index >= 15 is 0 Å². The Kier molecular flexibility index (Phi) is 5.27. The maximum Gasteiger partial charge on any atom is 0.128 e. The van der Waals surface area contributed by atoms with Gasteiger partial charge >= 0.3 is 0 Å². The monoisotopic (exact) mass is 310 g/mol. The van der Waals surface area contributed by atoms with Crippen molar-refractivity contribution >= 4 is 17.6 Å². The second kappa shape index (κ2) is 7.79. The van der Waals surface area contributed by atoms with E-state index in [1.165, 1.54) is 5.69 Å². The first-order chi connectivity index (χ1) is 11.4. The summed E-state index contributed by atoms with van der Waals surface area (Å²) in [7, 11) is 0. The zero-order valence-corrected chi connectivity index (χ0v) is 13.4. The molecule has 0 spiro atoms. The first kappa shape index (κ1) is 15.6. The van der Waals surface area contributed by atoms with Crippen molar-refractivity contribution in [3.8, 4) is 5.75 Å². The SMILES string of the molecule is CCOc1ccccc1C=Nc1ccc(N2CCOCC2)cc1. The van der Waals surface area contributed by atoms with Gasteiger partial charge < -0.3 is 14.4 Å². The maximum atomic E-state index is 5.61. The van der Waals surface area contributed by atoms with Crippen LogP contribution in [-0.4, -0.2) is 39.1 Å². The average Bonchev–Trinajstić information content (AvgIpc) is 2.62. The summed E-state index contributed by atoms with van der Waals surface area (Å²) < 4.78 is 11.0. The molecule has 1 aliphatic rings. The van der Waals surface area contributed by atoms with Crippen LogP contribution < -0.4 is 9.64 Å². The number of nitrogens with zero attached hydrogens (tertiary/aromatic N) is 2. The minimum absolute atomic E-state index is 0.652. The molecule has 2 aromatic carbocycles. The van der Waals surface area contributed by atoms with Gasteiger partial charge in [-0.2, -0.15) is 0 Å². The van der Waals surface area contributed by atoms with Crippen molar-refractivity contribution in [3.05, 3.63) is 54.1 Å². The van der Waals surface area contributed by atoms with Gasteiger partial charge in [0.05, 0.1) is 25.5 Å². The molecular formula is C19H22N2O2. The molecule has 1 heterocycles. The molecule has 0 saturated carbocycles. The first-order valence-corrected chi connectivity index (χ1v) is 8.05. The lowest BCUT2D eigenvalue weighted by atomic mass is 10.2. The lowest BCUT2D eigenvalue weighted by molar-refractivity contribution is 0.122. The van der Waals surface area contributed by atoms with Crippen LogP contribution in [0.5, 0.6) is 5.75 Å². The molecule has 0 radical (unpaired) electrons. The van der Waals surface area contributed by atoms with Crippen LogP contribution in [0.2, 0.25) is 0 Å². The Morgan fingerprint density at radius 2 is 1.83 bits per heavy atom. The van der Waals surface area contributed by atoms with Crippen molar-refractivity contribution in [2.24, 2.45) is 4.99 Å². The summed E-state index contributed by atoms with van der Waals surface area (Å²) in [4.78, 5) is 6.89. The molecule has 0 N–H and O–H groups in total. The topological polar surface area (TPSA) is 34.1 Å². The van der Waals surface area contributed by atoms with E-state index in [2.05, 4.69) is 22.0 Å². The fourth-order valence-electron chi connectivity index (χ4n) is 2.59. The van der Waals surface area contributed by atoms with Gasteiger partial charge in [0.1, 0.15) is 5.75 Å². The molecule has 2 aromatic rings. The predicted molar refractivity (Wildman–Crippen MR) is 94.3 cm³/mol. The fourth-order valence-corrected chi connectivity index (χ4v) is 2.59. The number of anilines is 1. The van der Waals surface area contributed by atoms with E-state index in [4.69, 9.17) is 9.47 Å². The highest BCUT2D eigenvalue weighted by Gasteiger charge is 2.10. The normalized spacial score (nSPS) is 15.1. The minimum Gasteiger partial charge on any atom is -0.493 e. The number of hydrogen-bond acceptors (Lipinski definition) is 4. The van der Waals surface area contributed by atoms with Gasteiger partial charge in [-0.25, -0.2) is 0 Å². The lowest BCUT2D eigenvalue weighted by Gasteiger charge is -2.28. The van der Waals surface area contributed by atoms with Crippen molar-refractivity contribution in [1.29, 1.82) is 0 Å². The van der Waals surface area contributed by atoms with E-state index in [1.54, 1.807) is 0 Å². The van der Waals surface area contributed by atoms with Crippen molar-refractivity contribution in [2.75, 3.05) is 37.8 Å². The third-order valence-corrected chi connectivity index (χ3v) is 3.80. The predicted octanol–water partition coefficient (Wildman–Crippen LogP) is 3.67. The van der Waals surface area contributed by atoms with Crippen LogP contribution in [0.3, 0.4) is 0 Å². The number of ether oxygens (including phenoxy) is 2. The third-order valence-electron chi connectivity index (χ3n) is 3.80. The van der Waals surface area contributed by atoms with E-state index in [1.807, 2.05) is 49.5 Å². The second-order valence-electron chi connectivity index (χ2n) is 5.34. The smallest absolute Gasteiger partial charge is 0.128 e. The molecule has 4 nitrogen and oxygen atoms in total. The highest BCUT2D eigenvalue weighted by atomic mass is 16.5. The fraction of sp³-hybridized carbons (Fsp3) is 0.316. The van der Waals surface area contributed by atoms with Gasteiger partial charge in [-0.15, -0.1) is 0 Å². The molecule has 1 aliphatic heterocycles. The van der Waals surface area contributed by atoms with E-state index in [0.717, 1.165) is 43.3 Å². The molecule has 120 valence electrons. The van der Waals surface area contributed by atoms with Gasteiger partial charge in [-0.05, 0) is 43.3 Å². The van der Waals surface area contributed by atoms with E-state index in [-0.39, 0.29) is 0 Å². The van der Waals surface area contributed by atoms with Gasteiger partial charge in [-0.3, -0.25) is 4.99 Å². The molecule has 4 heteroatoms. The van der Waals surface area contributed by atoms with Gasteiger partial charge in [-0.1, -0.05) is 12.1 Å². The molecule has 1 saturated heterocycles. The molecule has 0 unspecified atom stereocenters. The zero-order valence-electron chi connectivity index (χ0n) is 13.4. The van der Waals surface area contributed by atoms with Crippen LogP contribution >= 0.6 is 0 Å². The minimum atomic E-state index is 0.652. The number of hydrogen-bond donors (Lipinski definition) is 0. The van der Waals surface area contributed by atoms with Crippen LogP contribution in [0.15, 0.2) is 53.5 Å². The summed E-state index contributed by atoms with van der Waals surface area (Å²) in [6.45, 7) is 6.13. The van der Waals surface area contributed by atoms with Crippen molar-refractivity contribution in [2.45, 2.75) is 6.92 Å². The Morgan fingerprint density at radius 1 is 1.09 bits per heavy atom. The maximum absolute atomic E-state index is 5.61. The molecule has 3 rings (SSSR count). The third kappa shape index (κ3) is 4.11. The Morgan fingerprint density at radius 3 is 2.57 bits per heavy atom. The highest BCUT2D eigenvalue weighted by molar-refractivity contribution is 5.85. The quantitative estimate of drug-likeness (QED) is 0.790. The standard InChI is InChI=1S/C19H22N2O2/c1-2-23-19-6-4-3-5-16(19)15-20-17-7-9-18(10-8-17)21-11-13-22-14-12-21/h3-10,15H,2,11-14H2,1H3. The summed E-state index contributed by atoms with van der Waals surface area (Å²) >= 11 is 0. The lowest BCUT2D eigenvalue weighted by Crippen LogP contribution is -2.36. The average molecular weight is 310 g/mol. The van der Waals surface area contributed by atoms with Crippen LogP contribution in [0, 0.1) is 0 Å². The molecule has 0 aromatic heterocycles. The summed E-state index contributed by atoms with van der Waals surface area (Å²) in [6.07, 6.45) is 1.86. The second-order valence-corrected chi connectivity index (χ2v) is 5.34. The van der Waals surface area contributed by atoms with E-state index in [0.29, 0.717) is 6.61 Å². The largest absolute Gasteiger partial charge is 0.493 e. The number of para-hydroxylation sites is 1. The molecule has 0 atom stereocenters. The molecule has 1 fully saturated rings. The van der Waals surface area contributed by atoms with Crippen molar-refractivity contribution in [1.82, 2.24) is 0 Å². The zero-order chi connectivity index (χ0) is 15.9. The van der Waals surface area contributed by atoms with Crippen LogP contribution in [0.1, 0.15) is 12.5 Å². The molecule has 0 bridgehead atoms. The van der Waals surface area contributed by atoms with Crippen LogP contribution in [0.25, 0.3) is 0 Å². The highest BCUT2D eigenvalue weighted by Crippen LogP contribution is 2.22. The van der Waals surface area contributed by atoms with Gasteiger partial charge in [0.25, 0.3) is 0 Å². The Hall–Kier alpha value is -2.33. The van der Waals surface area contributed by atoms with Gasteiger partial charge in [0.15, 0.2) is 0 Å². The first-order valence-electron chi connectivity index (χ1n) is 8.05. The van der Waals surface area contributed by atoms with Crippen molar-refractivity contribution in [3.63, 3.8) is 0 Å². The Balaban J connectivity index is 1.70. The van der Waals surface area contributed by atoms with Gasteiger partial charge in [0, 0.05) is 30.6 Å². The summed E-state index contributed by atoms with van der Waals surface area (Å²) in [5, 5.41) is 0. The van der Waals surface area contributed by atoms with E-state index < -0.39 is 0 Å². The molecular weight excluding hydrogens is 288 g/mol. The van der Waals surface area contributed by atoms with Crippen molar-refractivity contribution < 1.29 is 9.47 Å². The Labute approximate surface area is 137 Å². The molecule has 23 heavy (non-hydrogen) atoms. The molecule has 0 aliphatic carbocycles. The number of rotatable bonds is 5. The summed E-state index contributed by atoms with van der Waals surface area (Å²) in [5.74, 6) is 0.865. The Bertz CT molecular complexity index is 647. The summed E-state index contributed by atoms with van der Waals surface area (Å²) in [6, 6.07) is 16.3. The van der Waals surface area contributed by atoms with Crippen LogP contribution in [-0.2, 0) is 4.74 Å².